The number of hydrogen-bond donors (Lipinski definition) is 0. The molecule has 0 saturated carbocycles. The Morgan fingerprint density at radius 1 is 1.16 bits per heavy atom. The molecule has 0 aliphatic carbocycles. The van der Waals surface area contributed by atoms with Crippen LogP contribution in [-0.4, -0.2) is 56.0 Å². The molecule has 1 saturated heterocycles. The molecule has 2 aromatic rings. The number of ether oxygens (including phenoxy) is 2. The molecule has 1 heterocycles. The van der Waals surface area contributed by atoms with Crippen LogP contribution in [0.3, 0.4) is 0 Å². The van der Waals surface area contributed by atoms with E-state index in [-0.39, 0.29) is 36.0 Å². The van der Waals surface area contributed by atoms with E-state index >= 15 is 0 Å². The predicted molar refractivity (Wildman–Crippen MR) is 116 cm³/mol. The maximum atomic E-state index is 13.2. The second-order valence-corrected chi connectivity index (χ2v) is 7.86. The molecular formula is C24H29FN2O4. The maximum Gasteiger partial charge on any atom is 0.228 e. The first-order valence-corrected chi connectivity index (χ1v) is 10.3. The fourth-order valence-electron chi connectivity index (χ4n) is 3.90. The van der Waals surface area contributed by atoms with Crippen molar-refractivity contribution >= 4 is 11.8 Å². The highest BCUT2D eigenvalue weighted by atomic mass is 19.1. The van der Waals surface area contributed by atoms with Gasteiger partial charge in [0.25, 0.3) is 0 Å². The first-order valence-electron chi connectivity index (χ1n) is 10.3. The summed E-state index contributed by atoms with van der Waals surface area (Å²) in [6, 6.07) is 11.6. The lowest BCUT2D eigenvalue weighted by Gasteiger charge is -2.28. The molecule has 0 spiro atoms. The molecule has 31 heavy (non-hydrogen) atoms. The van der Waals surface area contributed by atoms with Crippen LogP contribution in [0.4, 0.5) is 4.39 Å². The molecule has 0 aromatic heterocycles. The molecule has 2 aromatic carbocycles. The van der Waals surface area contributed by atoms with E-state index in [4.69, 9.17) is 9.47 Å². The first kappa shape index (κ1) is 22.6. The highest BCUT2D eigenvalue weighted by Gasteiger charge is 2.36. The monoisotopic (exact) mass is 428 g/mol. The molecule has 0 radical (unpaired) electrons. The van der Waals surface area contributed by atoms with Gasteiger partial charge < -0.3 is 19.3 Å². The van der Waals surface area contributed by atoms with Gasteiger partial charge in [0.05, 0.1) is 26.2 Å². The zero-order valence-corrected chi connectivity index (χ0v) is 18.4. The number of benzene rings is 2. The first-order chi connectivity index (χ1) is 14.8. The molecule has 1 fully saturated rings. The van der Waals surface area contributed by atoms with Crippen molar-refractivity contribution in [1.29, 1.82) is 0 Å². The molecule has 2 unspecified atom stereocenters. The molecule has 2 atom stereocenters. The van der Waals surface area contributed by atoms with Gasteiger partial charge in [-0.1, -0.05) is 18.2 Å². The van der Waals surface area contributed by atoms with Crippen LogP contribution < -0.4 is 9.47 Å². The van der Waals surface area contributed by atoms with Gasteiger partial charge in [0, 0.05) is 26.6 Å². The number of halogens is 1. The molecule has 0 bridgehead atoms. The Balaban J connectivity index is 1.59. The highest BCUT2D eigenvalue weighted by molar-refractivity contribution is 5.89. The van der Waals surface area contributed by atoms with E-state index in [0.29, 0.717) is 31.0 Å². The van der Waals surface area contributed by atoms with Crippen LogP contribution in [0.5, 0.6) is 11.5 Å². The molecule has 6 nitrogen and oxygen atoms in total. The lowest BCUT2D eigenvalue weighted by atomic mass is 10.0. The summed E-state index contributed by atoms with van der Waals surface area (Å²) < 4.78 is 23.8. The molecule has 1 aliphatic heterocycles. The maximum absolute atomic E-state index is 13.2. The fraction of sp³-hybridized carbons (Fsp3) is 0.417. The van der Waals surface area contributed by atoms with Crippen molar-refractivity contribution in [1.82, 2.24) is 9.80 Å². The Bertz CT molecular complexity index is 932. The third-order valence-electron chi connectivity index (χ3n) is 5.96. The van der Waals surface area contributed by atoms with Crippen molar-refractivity contribution in [2.45, 2.75) is 25.8 Å². The fourth-order valence-corrected chi connectivity index (χ4v) is 3.90. The summed E-state index contributed by atoms with van der Waals surface area (Å²) in [6.45, 7) is 2.84. The minimum Gasteiger partial charge on any atom is -0.493 e. The van der Waals surface area contributed by atoms with Crippen LogP contribution >= 0.6 is 0 Å². The van der Waals surface area contributed by atoms with E-state index in [1.54, 1.807) is 43.2 Å². The summed E-state index contributed by atoms with van der Waals surface area (Å²) in [4.78, 5) is 28.9. The third-order valence-corrected chi connectivity index (χ3v) is 5.96. The smallest absolute Gasteiger partial charge is 0.228 e. The normalized spacial score (nSPS) is 16.9. The van der Waals surface area contributed by atoms with Gasteiger partial charge in [0.2, 0.25) is 11.8 Å². The van der Waals surface area contributed by atoms with Crippen molar-refractivity contribution in [3.05, 3.63) is 59.4 Å². The minimum absolute atomic E-state index is 0.0124. The number of carbonyl (C=O) groups excluding carboxylic acids is 2. The second-order valence-electron chi connectivity index (χ2n) is 7.86. The number of rotatable bonds is 8. The average Bonchev–Trinajstić information content (AvgIpc) is 3.16. The molecular weight excluding hydrogens is 399 g/mol. The minimum atomic E-state index is -0.370. The molecule has 0 N–H and O–H groups in total. The topological polar surface area (TPSA) is 59.1 Å². The van der Waals surface area contributed by atoms with Gasteiger partial charge >= 0.3 is 0 Å². The quantitative estimate of drug-likeness (QED) is 0.646. The van der Waals surface area contributed by atoms with Crippen molar-refractivity contribution in [2.24, 2.45) is 5.92 Å². The van der Waals surface area contributed by atoms with E-state index in [9.17, 15) is 14.0 Å². The zero-order valence-electron chi connectivity index (χ0n) is 18.4. The standard InChI is InChI=1S/C24H29FN2O4/c1-16(18-6-8-20(25)9-7-18)26(2)24(29)19-14-23(28)27(15-19)12-11-17-5-10-21(30-3)22(13-17)31-4/h5-10,13,16,19H,11-12,14-15H2,1-4H3. The second kappa shape index (κ2) is 9.81. The summed E-state index contributed by atoms with van der Waals surface area (Å²) in [5.41, 5.74) is 1.88. The van der Waals surface area contributed by atoms with Gasteiger partial charge in [0.15, 0.2) is 11.5 Å². The van der Waals surface area contributed by atoms with Gasteiger partial charge in [-0.15, -0.1) is 0 Å². The molecule has 7 heteroatoms. The summed E-state index contributed by atoms with van der Waals surface area (Å²) in [5, 5.41) is 0. The van der Waals surface area contributed by atoms with E-state index in [2.05, 4.69) is 0 Å². The zero-order chi connectivity index (χ0) is 22.5. The summed E-state index contributed by atoms with van der Waals surface area (Å²) >= 11 is 0. The Morgan fingerprint density at radius 3 is 2.48 bits per heavy atom. The predicted octanol–water partition coefficient (Wildman–Crippen LogP) is 3.45. The van der Waals surface area contributed by atoms with E-state index < -0.39 is 0 Å². The third kappa shape index (κ3) is 5.16. The average molecular weight is 429 g/mol. The molecule has 3 rings (SSSR count). The molecule has 1 aliphatic rings. The largest absolute Gasteiger partial charge is 0.493 e. The SMILES string of the molecule is COc1ccc(CCN2CC(C(=O)N(C)C(C)c3ccc(F)cc3)CC2=O)cc1OC. The number of amides is 2. The number of nitrogens with zero attached hydrogens (tertiary/aromatic N) is 2. The Hall–Kier alpha value is -3.09. The van der Waals surface area contributed by atoms with E-state index in [1.165, 1.54) is 12.1 Å². The Morgan fingerprint density at radius 2 is 1.84 bits per heavy atom. The number of hydrogen-bond acceptors (Lipinski definition) is 4. The summed E-state index contributed by atoms with van der Waals surface area (Å²) in [5.74, 6) is 0.548. The van der Waals surface area contributed by atoms with Gasteiger partial charge in [-0.25, -0.2) is 4.39 Å². The van der Waals surface area contributed by atoms with Crippen LogP contribution in [0, 0.1) is 11.7 Å². The van der Waals surface area contributed by atoms with Crippen molar-refractivity contribution < 1.29 is 23.5 Å². The molecule has 2 amide bonds. The number of carbonyl (C=O) groups is 2. The van der Waals surface area contributed by atoms with Crippen LogP contribution in [0.2, 0.25) is 0 Å². The summed E-state index contributed by atoms with van der Waals surface area (Å²) in [6.07, 6.45) is 0.875. The van der Waals surface area contributed by atoms with Crippen LogP contribution in [0.1, 0.15) is 30.5 Å². The van der Waals surface area contributed by atoms with Crippen molar-refractivity contribution in [2.75, 3.05) is 34.4 Å². The van der Waals surface area contributed by atoms with E-state index in [0.717, 1.165) is 11.1 Å². The lowest BCUT2D eigenvalue weighted by Crippen LogP contribution is -2.36. The molecule has 166 valence electrons. The van der Waals surface area contributed by atoms with Gasteiger partial charge in [-0.05, 0) is 48.7 Å². The summed E-state index contributed by atoms with van der Waals surface area (Å²) in [7, 11) is 4.91. The Labute approximate surface area is 182 Å². The van der Waals surface area contributed by atoms with Gasteiger partial charge in [-0.3, -0.25) is 9.59 Å². The van der Waals surface area contributed by atoms with Crippen LogP contribution in [0.25, 0.3) is 0 Å². The number of likely N-dealkylation sites (tertiary alicyclic amines) is 1. The van der Waals surface area contributed by atoms with E-state index in [1.807, 2.05) is 25.1 Å². The highest BCUT2D eigenvalue weighted by Crippen LogP contribution is 2.29. The Kier molecular flexibility index (Phi) is 7.15. The van der Waals surface area contributed by atoms with Crippen molar-refractivity contribution in [3.63, 3.8) is 0 Å². The van der Waals surface area contributed by atoms with Gasteiger partial charge in [-0.2, -0.15) is 0 Å². The van der Waals surface area contributed by atoms with Gasteiger partial charge in [0.1, 0.15) is 5.82 Å². The van der Waals surface area contributed by atoms with Crippen molar-refractivity contribution in [3.8, 4) is 11.5 Å². The number of methoxy groups -OCH3 is 2. The lowest BCUT2D eigenvalue weighted by molar-refractivity contribution is -0.136. The van der Waals surface area contributed by atoms with Crippen LogP contribution in [-0.2, 0) is 16.0 Å². The van der Waals surface area contributed by atoms with Crippen LogP contribution in [0.15, 0.2) is 42.5 Å².